The topological polar surface area (TPSA) is 66.5 Å². The Hall–Kier alpha value is -0.910. The van der Waals surface area contributed by atoms with Gasteiger partial charge in [-0.25, -0.2) is 0 Å². The van der Waals surface area contributed by atoms with Crippen LogP contribution >= 0.6 is 0 Å². The van der Waals surface area contributed by atoms with Crippen molar-refractivity contribution in [3.63, 3.8) is 0 Å². The molecule has 1 saturated heterocycles. The zero-order valence-electron chi connectivity index (χ0n) is 13.3. The predicted molar refractivity (Wildman–Crippen MR) is 83.2 cm³/mol. The van der Waals surface area contributed by atoms with Crippen molar-refractivity contribution in [2.45, 2.75) is 52.1 Å². The van der Waals surface area contributed by atoms with Gasteiger partial charge in [-0.05, 0) is 31.6 Å². The van der Waals surface area contributed by atoms with Crippen LogP contribution in [0, 0.1) is 11.8 Å². The van der Waals surface area contributed by atoms with Gasteiger partial charge in [0, 0.05) is 28.9 Å². The molecule has 3 unspecified atom stereocenters. The van der Waals surface area contributed by atoms with Crippen LogP contribution < -0.4 is 5.32 Å². The molecule has 0 aromatic carbocycles. The number of rotatable bonds is 6. The molecule has 2 aliphatic rings. The van der Waals surface area contributed by atoms with Gasteiger partial charge in [-0.15, -0.1) is 0 Å². The highest BCUT2D eigenvalue weighted by Gasteiger charge is 2.55. The third kappa shape index (κ3) is 3.15. The van der Waals surface area contributed by atoms with Gasteiger partial charge in [-0.3, -0.25) is 13.8 Å². The van der Waals surface area contributed by atoms with E-state index in [0.29, 0.717) is 18.1 Å². The van der Waals surface area contributed by atoms with Crippen LogP contribution in [0.3, 0.4) is 0 Å². The van der Waals surface area contributed by atoms with Crippen molar-refractivity contribution < 1.29 is 13.8 Å². The molecule has 1 aliphatic carbocycles. The van der Waals surface area contributed by atoms with Crippen LogP contribution in [0.2, 0.25) is 0 Å². The first-order valence-corrected chi connectivity index (χ1v) is 9.28. The molecule has 3 atom stereocenters. The molecule has 0 bridgehead atoms. The van der Waals surface area contributed by atoms with E-state index in [1.165, 1.54) is 0 Å². The van der Waals surface area contributed by atoms with Crippen molar-refractivity contribution in [2.75, 3.05) is 18.1 Å². The Kier molecular flexibility index (Phi) is 4.76. The summed E-state index contributed by atoms with van der Waals surface area (Å²) in [5.41, 5.74) is -0.768. The Labute approximate surface area is 129 Å². The Morgan fingerprint density at radius 1 is 1.38 bits per heavy atom. The zero-order chi connectivity index (χ0) is 15.8. The van der Waals surface area contributed by atoms with E-state index in [1.54, 1.807) is 4.90 Å². The fourth-order valence-corrected chi connectivity index (χ4v) is 3.82. The number of hydrogen-bond donors (Lipinski definition) is 1. The van der Waals surface area contributed by atoms with E-state index in [4.69, 9.17) is 0 Å². The molecule has 0 aromatic heterocycles. The number of nitrogens with one attached hydrogen (secondary N) is 1. The molecular weight excluding hydrogens is 288 g/mol. The molecule has 2 rings (SSSR count). The van der Waals surface area contributed by atoms with Gasteiger partial charge >= 0.3 is 0 Å². The molecule has 5 nitrogen and oxygen atoms in total. The van der Waals surface area contributed by atoms with Gasteiger partial charge in [0.1, 0.15) is 11.6 Å². The molecule has 1 heterocycles. The molecule has 2 amide bonds. The van der Waals surface area contributed by atoms with Crippen LogP contribution in [0.1, 0.15) is 40.5 Å². The summed E-state index contributed by atoms with van der Waals surface area (Å²) in [6, 6.07) is -0.446. The summed E-state index contributed by atoms with van der Waals surface area (Å²) in [5, 5.41) is 2.96. The lowest BCUT2D eigenvalue weighted by atomic mass is 9.86. The van der Waals surface area contributed by atoms with Crippen molar-refractivity contribution in [1.29, 1.82) is 0 Å². The van der Waals surface area contributed by atoms with Gasteiger partial charge in [0.2, 0.25) is 11.8 Å². The summed E-state index contributed by atoms with van der Waals surface area (Å²) < 4.78 is 11.7. The summed E-state index contributed by atoms with van der Waals surface area (Å²) >= 11 is 0. The van der Waals surface area contributed by atoms with Gasteiger partial charge in [0.25, 0.3) is 0 Å². The second-order valence-electron chi connectivity index (χ2n) is 6.59. The maximum absolute atomic E-state index is 12.9. The van der Waals surface area contributed by atoms with Crippen molar-refractivity contribution >= 4 is 22.6 Å². The molecule has 6 heteroatoms. The van der Waals surface area contributed by atoms with Gasteiger partial charge < -0.3 is 10.2 Å². The monoisotopic (exact) mass is 314 g/mol. The van der Waals surface area contributed by atoms with Crippen molar-refractivity contribution in [3.05, 3.63) is 0 Å². The van der Waals surface area contributed by atoms with E-state index in [9.17, 15) is 13.8 Å². The summed E-state index contributed by atoms with van der Waals surface area (Å²) in [4.78, 5) is 27.1. The average Bonchev–Trinajstić information content (AvgIpc) is 3.24. The lowest BCUT2D eigenvalue weighted by Crippen LogP contribution is -2.71. The Morgan fingerprint density at radius 3 is 2.48 bits per heavy atom. The molecule has 2 fully saturated rings. The fourth-order valence-electron chi connectivity index (χ4n) is 3.13. The molecule has 0 radical (unpaired) electrons. The number of nitrogens with zero attached hydrogens (tertiary/aromatic N) is 1. The second kappa shape index (κ2) is 6.07. The maximum atomic E-state index is 12.9. The smallest absolute Gasteiger partial charge is 0.249 e. The Morgan fingerprint density at radius 2 is 2.00 bits per heavy atom. The molecule has 120 valence electrons. The van der Waals surface area contributed by atoms with Crippen LogP contribution in [-0.4, -0.2) is 50.6 Å². The van der Waals surface area contributed by atoms with E-state index < -0.39 is 22.4 Å². The summed E-state index contributed by atoms with van der Waals surface area (Å²) in [7, 11) is -0.928. The minimum absolute atomic E-state index is 0.00333. The summed E-state index contributed by atoms with van der Waals surface area (Å²) in [6.07, 6.45) is 1.98. The molecule has 21 heavy (non-hydrogen) atoms. The number of carbonyl (C=O) groups excluding carboxylic acids is 2. The number of hydrogen-bond acceptors (Lipinski definition) is 3. The van der Waals surface area contributed by atoms with Crippen molar-refractivity contribution in [2.24, 2.45) is 11.8 Å². The first-order chi connectivity index (χ1) is 9.81. The second-order valence-corrected chi connectivity index (χ2v) is 8.45. The fraction of sp³-hybridized carbons (Fsp3) is 0.867. The van der Waals surface area contributed by atoms with E-state index >= 15 is 0 Å². The summed E-state index contributed by atoms with van der Waals surface area (Å²) in [5.74, 6) is 1.26. The van der Waals surface area contributed by atoms with E-state index in [2.05, 4.69) is 5.32 Å². The SMILES string of the molecule is CCS(=O)CCN1C(=O)C(C)(C2CC2)NC(=O)C1C(C)C. The predicted octanol–water partition coefficient (Wildman–Crippen LogP) is 0.907. The van der Waals surface area contributed by atoms with E-state index in [-0.39, 0.29) is 23.7 Å². The number of piperazine rings is 1. The number of amides is 2. The first-order valence-electron chi connectivity index (χ1n) is 7.79. The van der Waals surface area contributed by atoms with E-state index in [1.807, 2.05) is 27.7 Å². The molecule has 1 aliphatic heterocycles. The third-order valence-electron chi connectivity index (χ3n) is 4.60. The van der Waals surface area contributed by atoms with Crippen LogP contribution in [0.4, 0.5) is 0 Å². The maximum Gasteiger partial charge on any atom is 0.249 e. The van der Waals surface area contributed by atoms with Gasteiger partial charge in [-0.2, -0.15) is 0 Å². The molecule has 0 aromatic rings. The van der Waals surface area contributed by atoms with Crippen molar-refractivity contribution in [3.8, 4) is 0 Å². The largest absolute Gasteiger partial charge is 0.340 e. The minimum Gasteiger partial charge on any atom is -0.340 e. The first kappa shape index (κ1) is 16.5. The molecular formula is C15H26N2O3S. The Bertz CT molecular complexity index is 462. The van der Waals surface area contributed by atoms with Crippen LogP contribution in [0.15, 0.2) is 0 Å². The van der Waals surface area contributed by atoms with Crippen LogP contribution in [-0.2, 0) is 20.4 Å². The normalized spacial score (nSPS) is 31.5. The van der Waals surface area contributed by atoms with Crippen LogP contribution in [0.25, 0.3) is 0 Å². The van der Waals surface area contributed by atoms with Gasteiger partial charge in [-0.1, -0.05) is 20.8 Å². The van der Waals surface area contributed by atoms with Crippen molar-refractivity contribution in [1.82, 2.24) is 10.2 Å². The highest BCUT2D eigenvalue weighted by Crippen LogP contribution is 2.42. The van der Waals surface area contributed by atoms with Crippen LogP contribution in [0.5, 0.6) is 0 Å². The lowest BCUT2D eigenvalue weighted by Gasteiger charge is -2.46. The van der Waals surface area contributed by atoms with E-state index in [0.717, 1.165) is 12.8 Å². The minimum atomic E-state index is -0.928. The third-order valence-corrected chi connectivity index (χ3v) is 5.88. The number of carbonyl (C=O) groups is 2. The standard InChI is InChI=1S/C15H26N2O3S/c1-5-21(20)9-8-17-12(10(2)3)13(18)16-15(4,14(17)19)11-6-7-11/h10-12H,5-9H2,1-4H3,(H,16,18). The van der Waals surface area contributed by atoms with Gasteiger partial charge in [0.15, 0.2) is 0 Å². The quantitative estimate of drug-likeness (QED) is 0.792. The molecule has 1 saturated carbocycles. The highest BCUT2D eigenvalue weighted by atomic mass is 32.2. The summed E-state index contributed by atoms with van der Waals surface area (Å²) in [6.45, 7) is 8.00. The molecule has 0 spiro atoms. The highest BCUT2D eigenvalue weighted by molar-refractivity contribution is 7.84. The zero-order valence-corrected chi connectivity index (χ0v) is 14.2. The van der Waals surface area contributed by atoms with Gasteiger partial charge in [0.05, 0.1) is 0 Å². The lowest BCUT2D eigenvalue weighted by molar-refractivity contribution is -0.156. The molecule has 1 N–H and O–H groups in total. The Balaban J connectivity index is 2.22. The average molecular weight is 314 g/mol.